The minimum atomic E-state index is -0.0568. The van der Waals surface area contributed by atoms with Gasteiger partial charge in [0, 0.05) is 12.1 Å². The summed E-state index contributed by atoms with van der Waals surface area (Å²) in [5, 5.41) is 3.70. The van der Waals surface area contributed by atoms with Crippen molar-refractivity contribution in [3.05, 3.63) is 24.3 Å². The molecule has 1 aromatic carbocycles. The van der Waals surface area contributed by atoms with Gasteiger partial charge < -0.3 is 15.0 Å². The van der Waals surface area contributed by atoms with E-state index in [1.165, 1.54) is 12.8 Å². The van der Waals surface area contributed by atoms with Crippen LogP contribution in [0.5, 0.6) is 5.75 Å². The molecular weight excluding hydrogens is 314 g/mol. The molecule has 2 amide bonds. The normalized spacial score (nSPS) is 31.9. The van der Waals surface area contributed by atoms with E-state index >= 15 is 0 Å². The Labute approximate surface area is 150 Å². The number of carbonyl (C=O) groups is 1. The Morgan fingerprint density at radius 2 is 2.08 bits per heavy atom. The van der Waals surface area contributed by atoms with Crippen LogP contribution in [0.1, 0.15) is 39.5 Å². The molecule has 2 saturated heterocycles. The number of ether oxygens (including phenoxy) is 1. The molecule has 2 heterocycles. The Morgan fingerprint density at radius 3 is 2.80 bits per heavy atom. The van der Waals surface area contributed by atoms with E-state index in [9.17, 15) is 4.79 Å². The number of amides is 2. The van der Waals surface area contributed by atoms with Crippen molar-refractivity contribution in [3.63, 3.8) is 0 Å². The van der Waals surface area contributed by atoms with Crippen LogP contribution in [0, 0.1) is 5.92 Å². The maximum absolute atomic E-state index is 13.4. The van der Waals surface area contributed by atoms with E-state index in [2.05, 4.69) is 24.1 Å². The third-order valence-electron chi connectivity index (χ3n) is 6.26. The van der Waals surface area contributed by atoms with E-state index in [0.717, 1.165) is 37.4 Å². The number of para-hydroxylation sites is 2. The molecule has 1 aliphatic carbocycles. The van der Waals surface area contributed by atoms with Crippen LogP contribution in [0.15, 0.2) is 24.3 Å². The van der Waals surface area contributed by atoms with Gasteiger partial charge in [-0.1, -0.05) is 12.1 Å². The zero-order valence-corrected chi connectivity index (χ0v) is 15.5. The lowest BCUT2D eigenvalue weighted by Crippen LogP contribution is -2.49. The number of hydrogen-bond acceptors (Lipinski definition) is 3. The number of fused-ring (bicyclic) bond motifs is 1. The standard InChI is InChI=1S/C20H29N3O2/c1-14(2)23-19(24)22(17-8-4-5-9-18(17)25-3)13-20(23)11-15-7-6-10-21-16(15)12-20/h4-5,8-9,14-16,21H,6-7,10-13H2,1-3H3. The fourth-order valence-corrected chi connectivity index (χ4v) is 5.39. The second-order valence-corrected chi connectivity index (χ2v) is 8.10. The van der Waals surface area contributed by atoms with Gasteiger partial charge in [0.2, 0.25) is 0 Å². The Bertz CT molecular complexity index is 646. The smallest absolute Gasteiger partial charge is 0.325 e. The van der Waals surface area contributed by atoms with Crippen LogP contribution in [-0.2, 0) is 0 Å². The number of nitrogens with one attached hydrogen (secondary N) is 1. The third-order valence-corrected chi connectivity index (χ3v) is 6.26. The predicted molar refractivity (Wildman–Crippen MR) is 99.2 cm³/mol. The Morgan fingerprint density at radius 1 is 1.28 bits per heavy atom. The molecule has 5 nitrogen and oxygen atoms in total. The minimum absolute atomic E-state index is 0.0568. The monoisotopic (exact) mass is 343 g/mol. The third kappa shape index (κ3) is 2.60. The first-order valence-corrected chi connectivity index (χ1v) is 9.53. The van der Waals surface area contributed by atoms with E-state index in [0.29, 0.717) is 12.0 Å². The van der Waals surface area contributed by atoms with Crippen LogP contribution in [-0.4, -0.2) is 48.8 Å². The van der Waals surface area contributed by atoms with Gasteiger partial charge in [-0.2, -0.15) is 0 Å². The van der Waals surface area contributed by atoms with Gasteiger partial charge in [0.05, 0.1) is 24.9 Å². The lowest BCUT2D eigenvalue weighted by molar-refractivity contribution is 0.129. The molecule has 4 rings (SSSR count). The highest BCUT2D eigenvalue weighted by Gasteiger charge is 2.57. The molecule has 1 spiro atoms. The van der Waals surface area contributed by atoms with Gasteiger partial charge in [-0.15, -0.1) is 0 Å². The van der Waals surface area contributed by atoms with Gasteiger partial charge in [0.1, 0.15) is 5.75 Å². The molecule has 0 radical (unpaired) electrons. The summed E-state index contributed by atoms with van der Waals surface area (Å²) in [6.07, 6.45) is 4.71. The van der Waals surface area contributed by atoms with Crippen LogP contribution in [0.2, 0.25) is 0 Å². The molecule has 1 aromatic rings. The molecule has 25 heavy (non-hydrogen) atoms. The Balaban J connectivity index is 1.70. The van der Waals surface area contributed by atoms with Crippen molar-refractivity contribution in [2.75, 3.05) is 25.1 Å². The molecular formula is C20H29N3O2. The van der Waals surface area contributed by atoms with E-state index in [1.54, 1.807) is 7.11 Å². The highest BCUT2D eigenvalue weighted by atomic mass is 16.5. The number of carbonyl (C=O) groups excluding carboxylic acids is 1. The summed E-state index contributed by atoms with van der Waals surface area (Å²) in [4.78, 5) is 17.5. The van der Waals surface area contributed by atoms with Crippen LogP contribution in [0.25, 0.3) is 0 Å². The van der Waals surface area contributed by atoms with Gasteiger partial charge in [-0.3, -0.25) is 4.90 Å². The highest BCUT2D eigenvalue weighted by molar-refractivity contribution is 5.97. The molecule has 0 aromatic heterocycles. The lowest BCUT2D eigenvalue weighted by atomic mass is 9.91. The molecule has 2 aliphatic heterocycles. The number of urea groups is 1. The molecule has 0 bridgehead atoms. The van der Waals surface area contributed by atoms with Gasteiger partial charge in [-0.05, 0) is 64.1 Å². The van der Waals surface area contributed by atoms with Crippen molar-refractivity contribution < 1.29 is 9.53 Å². The minimum Gasteiger partial charge on any atom is -0.495 e. The molecule has 3 fully saturated rings. The van der Waals surface area contributed by atoms with Gasteiger partial charge in [0.15, 0.2) is 0 Å². The maximum Gasteiger partial charge on any atom is 0.325 e. The Kier molecular flexibility index (Phi) is 4.14. The summed E-state index contributed by atoms with van der Waals surface area (Å²) in [7, 11) is 1.67. The first-order valence-electron chi connectivity index (χ1n) is 9.53. The van der Waals surface area contributed by atoms with Crippen molar-refractivity contribution >= 4 is 11.7 Å². The van der Waals surface area contributed by atoms with E-state index in [1.807, 2.05) is 29.2 Å². The van der Waals surface area contributed by atoms with Crippen molar-refractivity contribution in [3.8, 4) is 5.75 Å². The maximum atomic E-state index is 13.4. The summed E-state index contributed by atoms with van der Waals surface area (Å²) in [6.45, 7) is 6.16. The quantitative estimate of drug-likeness (QED) is 0.916. The van der Waals surface area contributed by atoms with E-state index < -0.39 is 0 Å². The Hall–Kier alpha value is -1.75. The van der Waals surface area contributed by atoms with Crippen molar-refractivity contribution in [2.45, 2.75) is 57.2 Å². The molecule has 1 saturated carbocycles. The second kappa shape index (κ2) is 6.20. The molecule has 136 valence electrons. The average molecular weight is 343 g/mol. The van der Waals surface area contributed by atoms with Crippen molar-refractivity contribution in [1.82, 2.24) is 10.2 Å². The molecule has 3 unspecified atom stereocenters. The molecule has 3 atom stereocenters. The summed E-state index contributed by atoms with van der Waals surface area (Å²) in [5.74, 6) is 1.46. The fraction of sp³-hybridized carbons (Fsp3) is 0.650. The van der Waals surface area contributed by atoms with Gasteiger partial charge >= 0.3 is 6.03 Å². The predicted octanol–water partition coefficient (Wildman–Crippen LogP) is 3.25. The summed E-state index contributed by atoms with van der Waals surface area (Å²) in [6, 6.07) is 8.74. The number of benzene rings is 1. The van der Waals surface area contributed by atoms with Crippen LogP contribution >= 0.6 is 0 Å². The van der Waals surface area contributed by atoms with E-state index in [4.69, 9.17) is 4.74 Å². The van der Waals surface area contributed by atoms with E-state index in [-0.39, 0.29) is 17.6 Å². The largest absolute Gasteiger partial charge is 0.495 e. The summed E-state index contributed by atoms with van der Waals surface area (Å²) < 4.78 is 5.52. The fourth-order valence-electron chi connectivity index (χ4n) is 5.39. The number of piperidine rings is 1. The van der Waals surface area contributed by atoms with Gasteiger partial charge in [0.25, 0.3) is 0 Å². The van der Waals surface area contributed by atoms with Crippen LogP contribution < -0.4 is 15.0 Å². The molecule has 3 aliphatic rings. The average Bonchev–Trinajstić information content (AvgIpc) is 3.11. The number of rotatable bonds is 3. The number of methoxy groups -OCH3 is 1. The lowest BCUT2D eigenvalue weighted by Gasteiger charge is -2.36. The zero-order chi connectivity index (χ0) is 17.6. The van der Waals surface area contributed by atoms with Crippen LogP contribution in [0.3, 0.4) is 0 Å². The SMILES string of the molecule is COc1ccccc1N1CC2(CC3CCCNC3C2)N(C(C)C)C1=O. The topological polar surface area (TPSA) is 44.8 Å². The summed E-state index contributed by atoms with van der Waals surface area (Å²) in [5.41, 5.74) is 0.832. The highest BCUT2D eigenvalue weighted by Crippen LogP contribution is 2.48. The first-order chi connectivity index (χ1) is 12.1. The zero-order valence-electron chi connectivity index (χ0n) is 15.5. The molecule has 5 heteroatoms. The second-order valence-electron chi connectivity index (χ2n) is 8.10. The number of nitrogens with zero attached hydrogens (tertiary/aromatic N) is 2. The number of anilines is 1. The number of hydrogen-bond donors (Lipinski definition) is 1. The van der Waals surface area contributed by atoms with Crippen LogP contribution in [0.4, 0.5) is 10.5 Å². The molecule has 1 N–H and O–H groups in total. The van der Waals surface area contributed by atoms with Crippen molar-refractivity contribution in [2.24, 2.45) is 5.92 Å². The first kappa shape index (κ1) is 16.7. The van der Waals surface area contributed by atoms with Crippen molar-refractivity contribution in [1.29, 1.82) is 0 Å². The van der Waals surface area contributed by atoms with Gasteiger partial charge in [-0.25, -0.2) is 4.79 Å². The summed E-state index contributed by atoms with van der Waals surface area (Å²) >= 11 is 0.